The molecule has 0 aliphatic carbocycles. The average molecular weight is 283 g/mol. The van der Waals surface area contributed by atoms with E-state index in [0.717, 1.165) is 29.1 Å². The van der Waals surface area contributed by atoms with Crippen molar-refractivity contribution in [2.24, 2.45) is 5.73 Å². The third-order valence-corrected chi connectivity index (χ3v) is 3.57. The molecule has 110 valence electrons. The van der Waals surface area contributed by atoms with Gasteiger partial charge in [-0.05, 0) is 48.4 Å². The van der Waals surface area contributed by atoms with E-state index in [1.807, 2.05) is 49.4 Å². The quantitative estimate of drug-likeness (QED) is 0.655. The fourth-order valence-corrected chi connectivity index (χ4v) is 2.22. The molecule has 0 fully saturated rings. The molecule has 0 heterocycles. The second-order valence-corrected chi connectivity index (χ2v) is 5.11. The number of aryl methyl sites for hydroxylation is 1. The number of ether oxygens (including phenoxy) is 1. The minimum Gasteiger partial charge on any atom is -0.497 e. The van der Waals surface area contributed by atoms with Crippen LogP contribution in [0.2, 0.25) is 0 Å². The molecule has 4 heteroatoms. The highest BCUT2D eigenvalue weighted by molar-refractivity contribution is 5.95. The van der Waals surface area contributed by atoms with Crippen LogP contribution in [0.3, 0.4) is 0 Å². The Hall–Kier alpha value is -2.49. The normalized spacial score (nSPS) is 10.2. The van der Waals surface area contributed by atoms with Crippen molar-refractivity contribution in [2.75, 3.05) is 19.1 Å². The van der Waals surface area contributed by atoms with Gasteiger partial charge in [-0.15, -0.1) is 0 Å². The Bertz CT molecular complexity index is 635. The third-order valence-electron chi connectivity index (χ3n) is 3.57. The van der Waals surface area contributed by atoms with Crippen molar-refractivity contribution in [3.05, 3.63) is 59.2 Å². The maximum absolute atomic E-state index is 7.47. The molecule has 3 N–H and O–H groups in total. The van der Waals surface area contributed by atoms with E-state index in [-0.39, 0.29) is 5.84 Å². The summed E-state index contributed by atoms with van der Waals surface area (Å²) < 4.78 is 5.17. The Labute approximate surface area is 125 Å². The monoisotopic (exact) mass is 283 g/mol. The summed E-state index contributed by atoms with van der Waals surface area (Å²) in [6.07, 6.45) is 0. The first-order valence-corrected chi connectivity index (χ1v) is 6.80. The zero-order valence-electron chi connectivity index (χ0n) is 12.7. The van der Waals surface area contributed by atoms with Crippen molar-refractivity contribution in [2.45, 2.75) is 13.5 Å². The number of anilines is 1. The third kappa shape index (κ3) is 3.54. The van der Waals surface area contributed by atoms with Gasteiger partial charge >= 0.3 is 0 Å². The molecular weight excluding hydrogens is 262 g/mol. The van der Waals surface area contributed by atoms with Crippen LogP contribution in [-0.2, 0) is 6.54 Å². The van der Waals surface area contributed by atoms with Crippen LogP contribution >= 0.6 is 0 Å². The first kappa shape index (κ1) is 14.9. The summed E-state index contributed by atoms with van der Waals surface area (Å²) in [6.45, 7) is 2.85. The molecule has 0 unspecified atom stereocenters. The number of nitrogen functional groups attached to an aromatic ring is 1. The van der Waals surface area contributed by atoms with E-state index in [1.165, 1.54) is 5.56 Å². The van der Waals surface area contributed by atoms with E-state index in [2.05, 4.69) is 11.9 Å². The standard InChI is InChI=1S/C17H21N3O/c1-12-10-13(17(18)19)4-5-14(12)11-20(2)15-6-8-16(21-3)9-7-15/h4-10H,11H2,1-3H3,(H3,18,19). The van der Waals surface area contributed by atoms with Crippen molar-refractivity contribution >= 4 is 11.5 Å². The van der Waals surface area contributed by atoms with Gasteiger partial charge in [-0.1, -0.05) is 12.1 Å². The minimum absolute atomic E-state index is 0.105. The van der Waals surface area contributed by atoms with Gasteiger partial charge < -0.3 is 15.4 Å². The molecule has 0 aliphatic heterocycles. The molecule has 2 rings (SSSR count). The molecule has 0 aromatic heterocycles. The van der Waals surface area contributed by atoms with E-state index in [1.54, 1.807) is 7.11 Å². The predicted octanol–water partition coefficient (Wildman–Crippen LogP) is 2.92. The number of hydrogen-bond acceptors (Lipinski definition) is 3. The van der Waals surface area contributed by atoms with Gasteiger partial charge in [0, 0.05) is 24.8 Å². The van der Waals surface area contributed by atoms with Gasteiger partial charge in [0.05, 0.1) is 7.11 Å². The number of nitrogens with one attached hydrogen (secondary N) is 1. The van der Waals surface area contributed by atoms with Gasteiger partial charge in [0.15, 0.2) is 0 Å². The van der Waals surface area contributed by atoms with Gasteiger partial charge in [-0.2, -0.15) is 0 Å². The second kappa shape index (κ2) is 6.31. The molecule has 0 atom stereocenters. The van der Waals surface area contributed by atoms with Crippen LogP contribution in [0.1, 0.15) is 16.7 Å². The lowest BCUT2D eigenvalue weighted by molar-refractivity contribution is 0.415. The van der Waals surface area contributed by atoms with Crippen LogP contribution in [0.25, 0.3) is 0 Å². The Morgan fingerprint density at radius 2 is 1.86 bits per heavy atom. The summed E-state index contributed by atoms with van der Waals surface area (Å²) in [6, 6.07) is 13.9. The Morgan fingerprint density at radius 1 is 1.19 bits per heavy atom. The molecule has 0 saturated heterocycles. The molecule has 4 nitrogen and oxygen atoms in total. The first-order chi connectivity index (χ1) is 10.0. The largest absolute Gasteiger partial charge is 0.497 e. The molecule has 0 amide bonds. The number of nitrogens with two attached hydrogens (primary N) is 1. The van der Waals surface area contributed by atoms with Crippen LogP contribution in [0.5, 0.6) is 5.75 Å². The lowest BCUT2D eigenvalue weighted by Gasteiger charge is -2.21. The first-order valence-electron chi connectivity index (χ1n) is 6.80. The number of amidine groups is 1. The predicted molar refractivity (Wildman–Crippen MR) is 87.3 cm³/mol. The molecule has 0 saturated carbocycles. The lowest BCUT2D eigenvalue weighted by atomic mass is 10.0. The zero-order valence-corrected chi connectivity index (χ0v) is 12.7. The number of nitrogens with zero attached hydrogens (tertiary/aromatic N) is 1. The summed E-state index contributed by atoms with van der Waals surface area (Å²) in [4.78, 5) is 2.18. The maximum atomic E-state index is 7.47. The highest BCUT2D eigenvalue weighted by Gasteiger charge is 2.06. The summed E-state index contributed by atoms with van der Waals surface area (Å²) in [5, 5.41) is 7.47. The highest BCUT2D eigenvalue weighted by atomic mass is 16.5. The van der Waals surface area contributed by atoms with Crippen LogP contribution in [-0.4, -0.2) is 20.0 Å². The van der Waals surface area contributed by atoms with Crippen molar-refractivity contribution < 1.29 is 4.74 Å². The molecule has 0 bridgehead atoms. The van der Waals surface area contributed by atoms with Gasteiger partial charge in [-0.3, -0.25) is 5.41 Å². The minimum atomic E-state index is 0.105. The van der Waals surface area contributed by atoms with E-state index in [0.29, 0.717) is 0 Å². The molecular formula is C17H21N3O. The Balaban J connectivity index is 2.14. The molecule has 21 heavy (non-hydrogen) atoms. The molecule has 2 aromatic carbocycles. The summed E-state index contributed by atoms with van der Waals surface area (Å²) in [5.74, 6) is 0.960. The average Bonchev–Trinajstić information content (AvgIpc) is 2.49. The van der Waals surface area contributed by atoms with Crippen LogP contribution in [0.4, 0.5) is 5.69 Å². The number of methoxy groups -OCH3 is 1. The van der Waals surface area contributed by atoms with Gasteiger partial charge in [0.2, 0.25) is 0 Å². The van der Waals surface area contributed by atoms with E-state index in [9.17, 15) is 0 Å². The summed E-state index contributed by atoms with van der Waals surface area (Å²) >= 11 is 0. The zero-order chi connectivity index (χ0) is 15.4. The van der Waals surface area contributed by atoms with E-state index < -0.39 is 0 Å². The number of benzene rings is 2. The second-order valence-electron chi connectivity index (χ2n) is 5.11. The fraction of sp³-hybridized carbons (Fsp3) is 0.235. The lowest BCUT2D eigenvalue weighted by Crippen LogP contribution is -2.17. The van der Waals surface area contributed by atoms with Crippen molar-refractivity contribution in [3.63, 3.8) is 0 Å². The van der Waals surface area contributed by atoms with Crippen LogP contribution in [0.15, 0.2) is 42.5 Å². The number of hydrogen-bond donors (Lipinski definition) is 2. The molecule has 0 radical (unpaired) electrons. The fourth-order valence-electron chi connectivity index (χ4n) is 2.22. The van der Waals surface area contributed by atoms with E-state index >= 15 is 0 Å². The van der Waals surface area contributed by atoms with Gasteiger partial charge in [0.1, 0.15) is 11.6 Å². The molecule has 0 spiro atoms. The molecule has 2 aromatic rings. The van der Waals surface area contributed by atoms with Crippen LogP contribution < -0.4 is 15.4 Å². The van der Waals surface area contributed by atoms with Crippen LogP contribution in [0, 0.1) is 12.3 Å². The topological polar surface area (TPSA) is 62.3 Å². The maximum Gasteiger partial charge on any atom is 0.122 e. The van der Waals surface area contributed by atoms with E-state index in [4.69, 9.17) is 15.9 Å². The highest BCUT2D eigenvalue weighted by Crippen LogP contribution is 2.21. The van der Waals surface area contributed by atoms with Crippen molar-refractivity contribution in [1.82, 2.24) is 0 Å². The smallest absolute Gasteiger partial charge is 0.122 e. The Morgan fingerprint density at radius 3 is 2.38 bits per heavy atom. The summed E-state index contributed by atoms with van der Waals surface area (Å²) in [5.41, 5.74) is 9.77. The van der Waals surface area contributed by atoms with Crippen molar-refractivity contribution in [1.29, 1.82) is 5.41 Å². The van der Waals surface area contributed by atoms with Gasteiger partial charge in [-0.25, -0.2) is 0 Å². The SMILES string of the molecule is COc1ccc(N(C)Cc2ccc(C(=N)N)cc2C)cc1. The van der Waals surface area contributed by atoms with Gasteiger partial charge in [0.25, 0.3) is 0 Å². The van der Waals surface area contributed by atoms with Crippen molar-refractivity contribution in [3.8, 4) is 5.75 Å². The molecule has 0 aliphatic rings. The number of rotatable bonds is 5. The summed E-state index contributed by atoms with van der Waals surface area (Å²) in [7, 11) is 3.72. The Kier molecular flexibility index (Phi) is 4.48.